The van der Waals surface area contributed by atoms with Gasteiger partial charge in [0.2, 0.25) is 10.0 Å². The number of sulfonamides is 1. The number of hydrogen-bond acceptors (Lipinski definition) is 9. The highest BCUT2D eigenvalue weighted by Crippen LogP contribution is 2.49. The van der Waals surface area contributed by atoms with E-state index in [2.05, 4.69) is 38.8 Å². The minimum atomic E-state index is -3.99. The zero-order chi connectivity index (χ0) is 37.5. The fraction of sp³-hybridized carbons (Fsp3) is 0.600. The molecule has 13 heteroatoms. The molecular formula is C40H53ClN4O7S. The molecule has 3 aliphatic heterocycles. The summed E-state index contributed by atoms with van der Waals surface area (Å²) >= 11 is 6.49. The van der Waals surface area contributed by atoms with Gasteiger partial charge < -0.3 is 24.0 Å². The topological polar surface area (TPSA) is 118 Å². The van der Waals surface area contributed by atoms with Gasteiger partial charge in [0.1, 0.15) is 11.4 Å². The van der Waals surface area contributed by atoms with Crippen molar-refractivity contribution in [2.45, 2.75) is 68.6 Å². The first kappa shape index (κ1) is 38.0. The molecular weight excluding hydrogens is 716 g/mol. The Morgan fingerprint density at radius 3 is 2.58 bits per heavy atom. The lowest BCUT2D eigenvalue weighted by Gasteiger charge is -2.52. The number of aryl methyl sites for hydroxylation is 1. The monoisotopic (exact) mass is 768 g/mol. The number of benzene rings is 2. The van der Waals surface area contributed by atoms with Crippen molar-refractivity contribution in [1.29, 1.82) is 0 Å². The minimum Gasteiger partial charge on any atom is -0.490 e. The summed E-state index contributed by atoms with van der Waals surface area (Å²) in [6.07, 6.45) is 9.37. The number of ether oxygens (including phenoxy) is 3. The maximum atomic E-state index is 13.6. The molecule has 2 aromatic carbocycles. The largest absolute Gasteiger partial charge is 0.490 e. The number of hydrogen-bond donors (Lipinski definition) is 1. The van der Waals surface area contributed by atoms with Crippen molar-refractivity contribution in [3.05, 3.63) is 70.3 Å². The van der Waals surface area contributed by atoms with Gasteiger partial charge in [-0.25, -0.2) is 17.9 Å². The van der Waals surface area contributed by atoms with E-state index in [9.17, 15) is 18.0 Å². The van der Waals surface area contributed by atoms with Crippen LogP contribution in [0.3, 0.4) is 0 Å². The first-order chi connectivity index (χ1) is 25.4. The summed E-state index contributed by atoms with van der Waals surface area (Å²) in [5.74, 6) is 0.231. The van der Waals surface area contributed by atoms with Crippen LogP contribution in [0.5, 0.6) is 5.75 Å². The van der Waals surface area contributed by atoms with E-state index in [0.29, 0.717) is 58.0 Å². The van der Waals surface area contributed by atoms with Gasteiger partial charge in [-0.15, -0.1) is 0 Å². The Balaban J connectivity index is 1.28. The molecule has 1 N–H and O–H groups in total. The molecule has 2 aliphatic carbocycles. The van der Waals surface area contributed by atoms with Crippen LogP contribution in [-0.4, -0.2) is 108 Å². The summed E-state index contributed by atoms with van der Waals surface area (Å²) in [6.45, 7) is 8.63. The van der Waals surface area contributed by atoms with Crippen LogP contribution in [0.15, 0.2) is 48.6 Å². The van der Waals surface area contributed by atoms with E-state index in [4.69, 9.17) is 25.8 Å². The molecule has 1 spiro atoms. The molecule has 0 aromatic heterocycles. The van der Waals surface area contributed by atoms with Crippen LogP contribution in [0.1, 0.15) is 67.4 Å². The minimum absolute atomic E-state index is 0.180. The van der Waals surface area contributed by atoms with Crippen LogP contribution in [-0.2, 0) is 31.3 Å². The molecule has 2 amide bonds. The molecule has 7 rings (SSSR count). The number of amides is 2. The molecule has 1 saturated carbocycles. The number of methoxy groups -OCH3 is 2. The van der Waals surface area contributed by atoms with Crippen molar-refractivity contribution < 1.29 is 32.2 Å². The van der Waals surface area contributed by atoms with Gasteiger partial charge in [0.15, 0.2) is 0 Å². The number of halogens is 1. The molecule has 2 aromatic rings. The van der Waals surface area contributed by atoms with Gasteiger partial charge in [0, 0.05) is 68.9 Å². The Morgan fingerprint density at radius 1 is 1.08 bits per heavy atom. The maximum Gasteiger partial charge on any atom is 0.409 e. The van der Waals surface area contributed by atoms with Gasteiger partial charge >= 0.3 is 6.09 Å². The summed E-state index contributed by atoms with van der Waals surface area (Å²) < 4.78 is 47.8. The zero-order valence-corrected chi connectivity index (χ0v) is 32.9. The Hall–Kier alpha value is -3.32. The number of carbonyl (C=O) groups excluding carboxylic acids is 2. The Kier molecular flexibility index (Phi) is 10.8. The lowest BCUT2D eigenvalue weighted by molar-refractivity contribution is -0.0949. The van der Waals surface area contributed by atoms with E-state index in [-0.39, 0.29) is 34.8 Å². The van der Waals surface area contributed by atoms with Crippen LogP contribution in [0.2, 0.25) is 5.02 Å². The number of anilines is 1. The highest BCUT2D eigenvalue weighted by atomic mass is 35.5. The molecule has 2 fully saturated rings. The van der Waals surface area contributed by atoms with Gasteiger partial charge in [-0.3, -0.25) is 9.69 Å². The highest BCUT2D eigenvalue weighted by molar-refractivity contribution is 7.90. The Labute approximate surface area is 319 Å². The van der Waals surface area contributed by atoms with Crippen LogP contribution in [0.25, 0.3) is 0 Å². The number of carbonyl (C=O) groups is 2. The van der Waals surface area contributed by atoms with E-state index >= 15 is 0 Å². The second-order valence-corrected chi connectivity index (χ2v) is 18.4. The summed E-state index contributed by atoms with van der Waals surface area (Å²) in [7, 11) is -0.788. The summed E-state index contributed by atoms with van der Waals surface area (Å²) in [5.41, 5.74) is 2.64. The third kappa shape index (κ3) is 7.41. The molecule has 11 nitrogen and oxygen atoms in total. The van der Waals surface area contributed by atoms with Crippen LogP contribution in [0.4, 0.5) is 10.5 Å². The fourth-order valence-electron chi connectivity index (χ4n) is 9.37. The Bertz CT molecular complexity index is 1850. The number of nitrogens with one attached hydrogen (secondary N) is 1. The van der Waals surface area contributed by atoms with Crippen molar-refractivity contribution in [1.82, 2.24) is 14.5 Å². The molecule has 6 atom stereocenters. The van der Waals surface area contributed by atoms with Gasteiger partial charge in [-0.2, -0.15) is 0 Å². The molecule has 3 heterocycles. The van der Waals surface area contributed by atoms with Crippen molar-refractivity contribution in [2.75, 3.05) is 71.5 Å². The average Bonchev–Trinajstić information content (AvgIpc) is 3.28. The first-order valence-electron chi connectivity index (χ1n) is 19.0. The molecule has 5 aliphatic rings. The predicted molar refractivity (Wildman–Crippen MR) is 205 cm³/mol. The lowest BCUT2D eigenvalue weighted by Crippen LogP contribution is -2.59. The van der Waals surface area contributed by atoms with E-state index in [1.165, 1.54) is 18.2 Å². The maximum absolute atomic E-state index is 13.6. The van der Waals surface area contributed by atoms with Crippen molar-refractivity contribution >= 4 is 39.3 Å². The van der Waals surface area contributed by atoms with E-state index in [1.54, 1.807) is 25.0 Å². The number of nitrogens with zero attached hydrogens (tertiary/aromatic N) is 3. The number of rotatable bonds is 3. The number of allylic oxidation sites excluding steroid dienone is 1. The number of piperazine rings is 1. The zero-order valence-electron chi connectivity index (χ0n) is 31.3. The van der Waals surface area contributed by atoms with Crippen LogP contribution < -0.4 is 14.4 Å². The predicted octanol–water partition coefficient (Wildman–Crippen LogP) is 5.65. The van der Waals surface area contributed by atoms with Crippen molar-refractivity contribution in [3.8, 4) is 5.75 Å². The van der Waals surface area contributed by atoms with E-state index in [0.717, 1.165) is 49.4 Å². The first-order valence-corrected chi connectivity index (χ1v) is 20.9. The second kappa shape index (κ2) is 15.1. The van der Waals surface area contributed by atoms with E-state index < -0.39 is 26.8 Å². The number of fused-ring (bicyclic) bond motifs is 4. The normalized spacial score (nSPS) is 32.3. The van der Waals surface area contributed by atoms with Gasteiger partial charge in [-0.05, 0) is 105 Å². The molecule has 0 radical (unpaired) electrons. The summed E-state index contributed by atoms with van der Waals surface area (Å²) in [5, 5.41) is -0.0878. The molecule has 0 unspecified atom stereocenters. The highest BCUT2D eigenvalue weighted by Gasteiger charge is 2.50. The third-order valence-corrected chi connectivity index (χ3v) is 15.0. The SMILES string of the molecule is COC(=O)N1CCN(C[C@]2(OC)/C=C\C[C@H](C)[C@@H](C)S(=O)(=O)NC(=O)c3ccc4c(c3)N(C[C@@H]3CC[C@H]32)C[C@@]2(CCCc3cc(Cl)ccc32)CO4)CC1. The van der Waals surface area contributed by atoms with Crippen molar-refractivity contribution in [2.24, 2.45) is 17.8 Å². The Morgan fingerprint density at radius 2 is 1.87 bits per heavy atom. The third-order valence-electron chi connectivity index (χ3n) is 12.9. The summed E-state index contributed by atoms with van der Waals surface area (Å²) in [6, 6.07) is 11.5. The van der Waals surface area contributed by atoms with Crippen LogP contribution >= 0.6 is 11.6 Å². The standard InChI is InChI=1S/C40H53ClN4O7S/c1-27-7-5-16-40(51-4,25-43-17-19-44(20-18-43)38(47)50-3)34-12-9-31(34)23-45-24-39(15-6-8-29-21-32(41)11-13-33(29)39)26-52-36-14-10-30(22-35(36)45)37(46)42-53(48,49)28(27)2/h5,10-11,13-14,16,21-22,27-28,31,34H,6-9,12,15,17-20,23-26H2,1-4H3,(H,42,46)/b16-5-/t27-,28+,31-,34+,39-,40+/m0/s1. The molecule has 1 saturated heterocycles. The van der Waals surface area contributed by atoms with Crippen LogP contribution in [0, 0.1) is 17.8 Å². The fourth-order valence-corrected chi connectivity index (χ4v) is 10.9. The van der Waals surface area contributed by atoms with Gasteiger partial charge in [-0.1, -0.05) is 36.7 Å². The second-order valence-electron chi connectivity index (χ2n) is 15.9. The molecule has 2 bridgehead atoms. The summed E-state index contributed by atoms with van der Waals surface area (Å²) in [4.78, 5) is 32.4. The van der Waals surface area contributed by atoms with E-state index in [1.807, 2.05) is 25.1 Å². The average molecular weight is 769 g/mol. The molecule has 288 valence electrons. The van der Waals surface area contributed by atoms with Gasteiger partial charge in [0.05, 0.1) is 24.7 Å². The van der Waals surface area contributed by atoms with Crippen molar-refractivity contribution in [3.63, 3.8) is 0 Å². The quantitative estimate of drug-likeness (QED) is 0.396. The van der Waals surface area contributed by atoms with Gasteiger partial charge in [0.25, 0.3) is 5.91 Å². The lowest BCUT2D eigenvalue weighted by atomic mass is 9.63. The molecule has 53 heavy (non-hydrogen) atoms. The smallest absolute Gasteiger partial charge is 0.409 e.